The first kappa shape index (κ1) is 20.3. The molecule has 1 aromatic carbocycles. The van der Waals surface area contributed by atoms with E-state index in [4.69, 9.17) is 19.9 Å². The number of ether oxygens (including phenoxy) is 3. The van der Waals surface area contributed by atoms with Crippen molar-refractivity contribution in [1.29, 1.82) is 0 Å². The third kappa shape index (κ3) is 5.25. The second-order valence-electron chi connectivity index (χ2n) is 7.49. The molecule has 0 aliphatic carbocycles. The maximum atomic E-state index is 12.0. The van der Waals surface area contributed by atoms with E-state index >= 15 is 0 Å². The molecule has 0 unspecified atom stereocenters. The molecule has 0 aromatic heterocycles. The van der Waals surface area contributed by atoms with E-state index in [0.717, 1.165) is 30.0 Å². The number of nitrogens with zero attached hydrogens (tertiary/aromatic N) is 1. The van der Waals surface area contributed by atoms with Crippen LogP contribution in [0.3, 0.4) is 0 Å². The zero-order valence-electron chi connectivity index (χ0n) is 16.4. The van der Waals surface area contributed by atoms with Crippen molar-refractivity contribution in [2.75, 3.05) is 33.9 Å². The number of benzene rings is 1. The Morgan fingerprint density at radius 1 is 1.35 bits per heavy atom. The molecule has 1 heterocycles. The predicted octanol–water partition coefficient (Wildman–Crippen LogP) is 2.30. The van der Waals surface area contributed by atoms with Gasteiger partial charge in [0.15, 0.2) is 0 Å². The molecule has 0 spiro atoms. The van der Waals surface area contributed by atoms with E-state index in [9.17, 15) is 4.79 Å². The van der Waals surface area contributed by atoms with Gasteiger partial charge in [0.25, 0.3) is 0 Å². The van der Waals surface area contributed by atoms with Gasteiger partial charge < -0.3 is 25.3 Å². The molecule has 2 atom stereocenters. The van der Waals surface area contributed by atoms with Gasteiger partial charge in [-0.05, 0) is 45.4 Å². The van der Waals surface area contributed by atoms with E-state index in [1.807, 2.05) is 39.0 Å². The van der Waals surface area contributed by atoms with Crippen molar-refractivity contribution in [1.82, 2.24) is 10.2 Å². The molecule has 1 fully saturated rings. The van der Waals surface area contributed by atoms with Crippen molar-refractivity contribution >= 4 is 6.09 Å². The Bertz CT molecular complexity index is 615. The molecule has 7 nitrogen and oxygen atoms in total. The average Bonchev–Trinajstić information content (AvgIpc) is 3.01. The van der Waals surface area contributed by atoms with Gasteiger partial charge in [-0.25, -0.2) is 4.79 Å². The fourth-order valence-corrected chi connectivity index (χ4v) is 3.23. The van der Waals surface area contributed by atoms with E-state index in [2.05, 4.69) is 10.2 Å². The van der Waals surface area contributed by atoms with Gasteiger partial charge in [0, 0.05) is 31.2 Å². The van der Waals surface area contributed by atoms with Crippen LogP contribution in [-0.4, -0.2) is 56.5 Å². The molecule has 0 bridgehead atoms. The van der Waals surface area contributed by atoms with Gasteiger partial charge >= 0.3 is 6.09 Å². The number of carbonyl (C=O) groups excluding carboxylic acids is 1. The molecule has 0 radical (unpaired) electrons. The van der Waals surface area contributed by atoms with Crippen molar-refractivity contribution in [3.05, 3.63) is 23.8 Å². The highest BCUT2D eigenvalue weighted by molar-refractivity contribution is 5.68. The van der Waals surface area contributed by atoms with Crippen LogP contribution in [0.1, 0.15) is 38.8 Å². The predicted molar refractivity (Wildman–Crippen MR) is 101 cm³/mol. The molecule has 1 amide bonds. The third-order valence-corrected chi connectivity index (χ3v) is 4.40. The van der Waals surface area contributed by atoms with Crippen LogP contribution in [0.2, 0.25) is 0 Å². The SMILES string of the molecule is COc1ccc(OC)c([C@@H](CN)N2CC[C@H](NC(=O)OC(C)(C)C)C2)c1. The van der Waals surface area contributed by atoms with Crippen LogP contribution in [-0.2, 0) is 4.74 Å². The number of hydrogen-bond donors (Lipinski definition) is 2. The topological polar surface area (TPSA) is 86.1 Å². The van der Waals surface area contributed by atoms with E-state index in [0.29, 0.717) is 13.1 Å². The highest BCUT2D eigenvalue weighted by Crippen LogP contribution is 2.34. The molecule has 3 N–H and O–H groups in total. The molecule has 1 aliphatic heterocycles. The number of carbonyl (C=O) groups is 1. The minimum absolute atomic E-state index is 0.00881. The second-order valence-corrected chi connectivity index (χ2v) is 7.49. The van der Waals surface area contributed by atoms with Crippen LogP contribution in [0, 0.1) is 0 Å². The minimum Gasteiger partial charge on any atom is -0.497 e. The number of hydrogen-bond acceptors (Lipinski definition) is 6. The first-order valence-electron chi connectivity index (χ1n) is 8.93. The normalized spacial score (nSPS) is 19.1. The average molecular weight is 365 g/mol. The molecule has 26 heavy (non-hydrogen) atoms. The summed E-state index contributed by atoms with van der Waals surface area (Å²) in [4.78, 5) is 14.3. The lowest BCUT2D eigenvalue weighted by molar-refractivity contribution is 0.0504. The first-order chi connectivity index (χ1) is 12.3. The van der Waals surface area contributed by atoms with Gasteiger partial charge in [-0.1, -0.05) is 0 Å². The summed E-state index contributed by atoms with van der Waals surface area (Å²) in [5.41, 5.74) is 6.57. The highest BCUT2D eigenvalue weighted by Gasteiger charge is 2.31. The van der Waals surface area contributed by atoms with Crippen molar-refractivity contribution in [2.45, 2.75) is 44.9 Å². The number of likely N-dealkylation sites (tertiary alicyclic amines) is 1. The molecular formula is C19H31N3O4. The van der Waals surface area contributed by atoms with Crippen LogP contribution in [0.15, 0.2) is 18.2 Å². The Kier molecular flexibility index (Phi) is 6.72. The van der Waals surface area contributed by atoms with Crippen LogP contribution in [0.25, 0.3) is 0 Å². The molecule has 1 aliphatic rings. The number of nitrogens with two attached hydrogens (primary N) is 1. The molecule has 1 saturated heterocycles. The van der Waals surface area contributed by atoms with Crippen molar-refractivity contribution in [2.24, 2.45) is 5.73 Å². The van der Waals surface area contributed by atoms with Gasteiger partial charge in [-0.3, -0.25) is 4.90 Å². The van der Waals surface area contributed by atoms with Crippen molar-refractivity contribution < 1.29 is 19.0 Å². The first-order valence-corrected chi connectivity index (χ1v) is 8.93. The molecule has 1 aromatic rings. The number of methoxy groups -OCH3 is 2. The summed E-state index contributed by atoms with van der Waals surface area (Å²) < 4.78 is 16.2. The van der Waals surface area contributed by atoms with E-state index in [1.54, 1.807) is 14.2 Å². The lowest BCUT2D eigenvalue weighted by Gasteiger charge is -2.29. The lowest BCUT2D eigenvalue weighted by Crippen LogP contribution is -2.41. The summed E-state index contributed by atoms with van der Waals surface area (Å²) in [5, 5.41) is 2.95. The summed E-state index contributed by atoms with van der Waals surface area (Å²) in [6.07, 6.45) is 0.467. The summed E-state index contributed by atoms with van der Waals surface area (Å²) >= 11 is 0. The number of alkyl carbamates (subject to hydrolysis) is 1. The van der Waals surface area contributed by atoms with Crippen LogP contribution < -0.4 is 20.5 Å². The van der Waals surface area contributed by atoms with Gasteiger partial charge in [0.05, 0.1) is 20.3 Å². The second kappa shape index (κ2) is 8.60. The number of rotatable bonds is 6. The Morgan fingerprint density at radius 2 is 2.08 bits per heavy atom. The van der Waals surface area contributed by atoms with Gasteiger partial charge in [0.2, 0.25) is 0 Å². The molecule has 0 saturated carbocycles. The molecule has 146 valence electrons. The molecule has 2 rings (SSSR count). The monoisotopic (exact) mass is 365 g/mol. The van der Waals surface area contributed by atoms with E-state index in [-0.39, 0.29) is 18.2 Å². The van der Waals surface area contributed by atoms with Crippen LogP contribution in [0.4, 0.5) is 4.79 Å². The van der Waals surface area contributed by atoms with Gasteiger partial charge in [-0.15, -0.1) is 0 Å². The quantitative estimate of drug-likeness (QED) is 0.804. The van der Waals surface area contributed by atoms with Gasteiger partial charge in [0.1, 0.15) is 17.1 Å². The zero-order chi connectivity index (χ0) is 19.3. The third-order valence-electron chi connectivity index (χ3n) is 4.40. The maximum absolute atomic E-state index is 12.0. The fraction of sp³-hybridized carbons (Fsp3) is 0.632. The number of nitrogens with one attached hydrogen (secondary N) is 1. The maximum Gasteiger partial charge on any atom is 0.407 e. The Hall–Kier alpha value is -1.99. The Morgan fingerprint density at radius 3 is 2.65 bits per heavy atom. The summed E-state index contributed by atoms with van der Waals surface area (Å²) in [6.45, 7) is 7.56. The summed E-state index contributed by atoms with van der Waals surface area (Å²) in [7, 11) is 3.29. The van der Waals surface area contributed by atoms with Crippen LogP contribution >= 0.6 is 0 Å². The van der Waals surface area contributed by atoms with E-state index < -0.39 is 5.60 Å². The van der Waals surface area contributed by atoms with Crippen LogP contribution in [0.5, 0.6) is 11.5 Å². The Labute approximate surface area is 155 Å². The fourth-order valence-electron chi connectivity index (χ4n) is 3.23. The minimum atomic E-state index is -0.504. The number of amides is 1. The van der Waals surface area contributed by atoms with E-state index in [1.165, 1.54) is 0 Å². The zero-order valence-corrected chi connectivity index (χ0v) is 16.4. The Balaban J connectivity index is 2.07. The van der Waals surface area contributed by atoms with Crippen molar-refractivity contribution in [3.63, 3.8) is 0 Å². The van der Waals surface area contributed by atoms with Crippen molar-refractivity contribution in [3.8, 4) is 11.5 Å². The summed E-state index contributed by atoms with van der Waals surface area (Å²) in [6, 6.07) is 5.75. The highest BCUT2D eigenvalue weighted by atomic mass is 16.6. The summed E-state index contributed by atoms with van der Waals surface area (Å²) in [5.74, 6) is 1.55. The smallest absolute Gasteiger partial charge is 0.407 e. The standard InChI is InChI=1S/C19H31N3O4/c1-19(2,3)26-18(23)21-13-8-9-22(12-13)16(11-20)15-10-14(24-4)6-7-17(15)25-5/h6-7,10,13,16H,8-9,11-12,20H2,1-5H3,(H,21,23)/t13-,16+/m0/s1. The molecular weight excluding hydrogens is 334 g/mol. The van der Waals surface area contributed by atoms with Gasteiger partial charge in [-0.2, -0.15) is 0 Å². The molecule has 7 heteroatoms. The largest absolute Gasteiger partial charge is 0.497 e. The lowest BCUT2D eigenvalue weighted by atomic mass is 10.0.